The summed E-state index contributed by atoms with van der Waals surface area (Å²) in [6.07, 6.45) is 0. The third kappa shape index (κ3) is 4.77. The molecule has 0 unspecified atom stereocenters. The zero-order valence-electron chi connectivity index (χ0n) is 12.1. The Kier molecular flexibility index (Phi) is 6.83. The first-order chi connectivity index (χ1) is 9.72. The van der Waals surface area contributed by atoms with E-state index in [-0.39, 0.29) is 17.3 Å². The summed E-state index contributed by atoms with van der Waals surface area (Å²) in [6, 6.07) is 3.23. The highest BCUT2D eigenvalue weighted by Gasteiger charge is 2.21. The number of carbonyl (C=O) groups excluding carboxylic acids is 1. The molecule has 1 amide bonds. The van der Waals surface area contributed by atoms with Crippen molar-refractivity contribution >= 4 is 47.8 Å². The van der Waals surface area contributed by atoms with Crippen molar-refractivity contribution < 1.29 is 13.2 Å². The Morgan fingerprint density at radius 2 is 1.76 bits per heavy atom. The molecule has 5 nitrogen and oxygen atoms in total. The van der Waals surface area contributed by atoms with Gasteiger partial charge in [0.05, 0.1) is 11.4 Å². The van der Waals surface area contributed by atoms with E-state index >= 15 is 0 Å². The van der Waals surface area contributed by atoms with Crippen LogP contribution in [0.25, 0.3) is 0 Å². The Bertz CT molecular complexity index is 629. The lowest BCUT2D eigenvalue weighted by Crippen LogP contribution is -2.40. The van der Waals surface area contributed by atoms with Gasteiger partial charge < -0.3 is 4.90 Å². The predicted octanol–water partition coefficient (Wildman–Crippen LogP) is 2.67. The van der Waals surface area contributed by atoms with Crippen molar-refractivity contribution in [1.82, 2.24) is 9.62 Å². The van der Waals surface area contributed by atoms with Crippen molar-refractivity contribution in [3.63, 3.8) is 0 Å². The summed E-state index contributed by atoms with van der Waals surface area (Å²) in [7, 11) is -3.75. The molecule has 0 spiro atoms. The maximum absolute atomic E-state index is 12.3. The van der Waals surface area contributed by atoms with E-state index in [1.54, 1.807) is 11.0 Å². The van der Waals surface area contributed by atoms with Gasteiger partial charge in [0, 0.05) is 22.0 Å². The number of carbonyl (C=O) groups is 1. The minimum Gasteiger partial charge on any atom is -0.342 e. The van der Waals surface area contributed by atoms with Gasteiger partial charge in [0.25, 0.3) is 0 Å². The summed E-state index contributed by atoms with van der Waals surface area (Å²) in [5.41, 5.74) is 0.917. The molecular formula is C13H18Br2N2O3S. The van der Waals surface area contributed by atoms with Crippen LogP contribution in [0.1, 0.15) is 19.4 Å². The molecule has 0 aromatic heterocycles. The maximum Gasteiger partial charge on any atom is 0.242 e. The number of rotatable bonds is 6. The summed E-state index contributed by atoms with van der Waals surface area (Å²) < 4.78 is 28.1. The number of nitrogens with one attached hydrogen (secondary N) is 1. The van der Waals surface area contributed by atoms with Crippen LogP contribution in [0.15, 0.2) is 26.0 Å². The smallest absolute Gasteiger partial charge is 0.242 e. The van der Waals surface area contributed by atoms with Gasteiger partial charge in [-0.25, -0.2) is 13.1 Å². The lowest BCUT2D eigenvalue weighted by atomic mass is 10.2. The summed E-state index contributed by atoms with van der Waals surface area (Å²) >= 11 is 6.56. The maximum atomic E-state index is 12.3. The van der Waals surface area contributed by atoms with E-state index in [0.29, 0.717) is 22.0 Å². The fourth-order valence-corrected chi connectivity index (χ4v) is 4.41. The molecular weight excluding hydrogens is 424 g/mol. The standard InChI is InChI=1S/C13H18Br2N2O3S/c1-4-17(5-2)13(18)8-16-21(19,20)12-7-10(14)9(3)6-11(12)15/h6-7,16H,4-5,8H2,1-3H3. The zero-order chi connectivity index (χ0) is 16.2. The van der Waals surface area contributed by atoms with Crippen LogP contribution in [-0.2, 0) is 14.8 Å². The third-order valence-corrected chi connectivity index (χ3v) is 6.25. The van der Waals surface area contributed by atoms with Gasteiger partial charge in [0.1, 0.15) is 0 Å². The largest absolute Gasteiger partial charge is 0.342 e. The highest BCUT2D eigenvalue weighted by Crippen LogP contribution is 2.28. The molecule has 1 aromatic carbocycles. The van der Waals surface area contributed by atoms with E-state index in [4.69, 9.17) is 0 Å². The molecule has 0 saturated carbocycles. The minimum atomic E-state index is -3.75. The summed E-state index contributed by atoms with van der Waals surface area (Å²) in [5, 5.41) is 0. The lowest BCUT2D eigenvalue weighted by Gasteiger charge is -2.19. The van der Waals surface area contributed by atoms with Gasteiger partial charge in [-0.2, -0.15) is 0 Å². The first-order valence-electron chi connectivity index (χ1n) is 6.46. The minimum absolute atomic E-state index is 0.104. The van der Waals surface area contributed by atoms with Crippen LogP contribution in [-0.4, -0.2) is 38.9 Å². The molecule has 8 heteroatoms. The molecule has 0 aliphatic rings. The van der Waals surface area contributed by atoms with Crippen molar-refractivity contribution in [2.24, 2.45) is 0 Å². The van der Waals surface area contributed by atoms with Gasteiger partial charge in [-0.15, -0.1) is 0 Å². The van der Waals surface area contributed by atoms with Crippen LogP contribution in [0.2, 0.25) is 0 Å². The second-order valence-corrected chi connectivity index (χ2v) is 7.87. The van der Waals surface area contributed by atoms with Crippen LogP contribution in [0.5, 0.6) is 0 Å². The molecule has 0 saturated heterocycles. The number of nitrogens with zero attached hydrogens (tertiary/aromatic N) is 1. The van der Waals surface area contributed by atoms with E-state index in [9.17, 15) is 13.2 Å². The van der Waals surface area contributed by atoms with Gasteiger partial charge in [0.2, 0.25) is 15.9 Å². The van der Waals surface area contributed by atoms with Crippen LogP contribution in [0, 0.1) is 6.92 Å². The van der Waals surface area contributed by atoms with E-state index in [2.05, 4.69) is 36.6 Å². The molecule has 118 valence electrons. The lowest BCUT2D eigenvalue weighted by molar-refractivity contribution is -0.129. The van der Waals surface area contributed by atoms with Crippen molar-refractivity contribution in [2.75, 3.05) is 19.6 Å². The molecule has 0 radical (unpaired) electrons. The summed E-state index contributed by atoms with van der Waals surface area (Å²) in [6.45, 7) is 6.42. The first kappa shape index (κ1) is 18.6. The van der Waals surface area contributed by atoms with Crippen molar-refractivity contribution in [3.05, 3.63) is 26.6 Å². The van der Waals surface area contributed by atoms with E-state index in [1.807, 2.05) is 20.8 Å². The molecule has 0 bridgehead atoms. The SMILES string of the molecule is CCN(CC)C(=O)CNS(=O)(=O)c1cc(Br)c(C)cc1Br. The average molecular weight is 442 g/mol. The van der Waals surface area contributed by atoms with Gasteiger partial charge in [-0.05, 0) is 54.4 Å². The van der Waals surface area contributed by atoms with Crippen LogP contribution >= 0.6 is 31.9 Å². The predicted molar refractivity (Wildman–Crippen MR) is 89.7 cm³/mol. The fourth-order valence-electron chi connectivity index (χ4n) is 1.76. The number of sulfonamides is 1. The van der Waals surface area contributed by atoms with E-state index in [0.717, 1.165) is 5.56 Å². The highest BCUT2D eigenvalue weighted by molar-refractivity contribution is 9.11. The molecule has 0 aliphatic heterocycles. The fraction of sp³-hybridized carbons (Fsp3) is 0.462. The second kappa shape index (κ2) is 7.71. The van der Waals surface area contributed by atoms with Crippen molar-refractivity contribution in [2.45, 2.75) is 25.7 Å². The number of hydrogen-bond donors (Lipinski definition) is 1. The molecule has 0 aliphatic carbocycles. The molecule has 1 rings (SSSR count). The van der Waals surface area contributed by atoms with Gasteiger partial charge >= 0.3 is 0 Å². The quantitative estimate of drug-likeness (QED) is 0.737. The molecule has 21 heavy (non-hydrogen) atoms. The molecule has 1 N–H and O–H groups in total. The van der Waals surface area contributed by atoms with Crippen LogP contribution < -0.4 is 4.72 Å². The Morgan fingerprint density at radius 3 is 2.29 bits per heavy atom. The van der Waals surface area contributed by atoms with Gasteiger partial charge in [-0.1, -0.05) is 15.9 Å². The monoisotopic (exact) mass is 440 g/mol. The Labute approximate surface area is 142 Å². The Balaban J connectivity index is 2.93. The van der Waals surface area contributed by atoms with Crippen LogP contribution in [0.3, 0.4) is 0 Å². The number of aryl methyl sites for hydroxylation is 1. The van der Waals surface area contributed by atoms with E-state index < -0.39 is 10.0 Å². The van der Waals surface area contributed by atoms with Crippen LogP contribution in [0.4, 0.5) is 0 Å². The normalized spacial score (nSPS) is 11.5. The number of halogens is 2. The van der Waals surface area contributed by atoms with Gasteiger partial charge in [0.15, 0.2) is 0 Å². The van der Waals surface area contributed by atoms with E-state index in [1.165, 1.54) is 6.07 Å². The van der Waals surface area contributed by atoms with Crippen molar-refractivity contribution in [1.29, 1.82) is 0 Å². The number of likely N-dealkylation sites (N-methyl/N-ethyl adjacent to an activating group) is 1. The average Bonchev–Trinajstić information content (AvgIpc) is 2.42. The number of hydrogen-bond acceptors (Lipinski definition) is 3. The Hall–Kier alpha value is -0.440. The topological polar surface area (TPSA) is 66.5 Å². The number of amides is 1. The highest BCUT2D eigenvalue weighted by atomic mass is 79.9. The first-order valence-corrected chi connectivity index (χ1v) is 9.52. The third-order valence-electron chi connectivity index (χ3n) is 3.03. The van der Waals surface area contributed by atoms with Gasteiger partial charge in [-0.3, -0.25) is 4.79 Å². The molecule has 0 heterocycles. The summed E-state index contributed by atoms with van der Waals surface area (Å²) in [5.74, 6) is -0.245. The second-order valence-electron chi connectivity index (χ2n) is 4.42. The molecule has 0 fully saturated rings. The zero-order valence-corrected chi connectivity index (χ0v) is 16.1. The number of benzene rings is 1. The molecule has 1 aromatic rings. The Morgan fingerprint density at radius 1 is 1.19 bits per heavy atom. The van der Waals surface area contributed by atoms with Crippen molar-refractivity contribution in [3.8, 4) is 0 Å². The molecule has 0 atom stereocenters. The summed E-state index contributed by atoms with van der Waals surface area (Å²) in [4.78, 5) is 13.5.